The number of carbonyl (C=O) groups is 2. The van der Waals surface area contributed by atoms with E-state index in [1.165, 1.54) is 17.4 Å². The Morgan fingerprint density at radius 3 is 2.81 bits per heavy atom. The first kappa shape index (κ1) is 12.9. The van der Waals surface area contributed by atoms with Crippen molar-refractivity contribution < 1.29 is 14.7 Å². The van der Waals surface area contributed by atoms with Gasteiger partial charge in [0.25, 0.3) is 0 Å². The number of carboxylic acids is 1. The van der Waals surface area contributed by atoms with Gasteiger partial charge >= 0.3 is 5.97 Å². The first-order valence-corrected chi connectivity index (χ1v) is 6.12. The molecule has 0 unspecified atom stereocenters. The van der Waals surface area contributed by atoms with E-state index in [2.05, 4.69) is 21.2 Å². The molecule has 0 radical (unpaired) electrons. The molecule has 0 fully saturated rings. The molecule has 1 amide bonds. The lowest BCUT2D eigenvalue weighted by molar-refractivity contribution is -0.136. The Balaban J connectivity index is 2.34. The van der Waals surface area contributed by atoms with E-state index in [0.29, 0.717) is 0 Å². The van der Waals surface area contributed by atoms with Crippen LogP contribution in [0.1, 0.15) is 11.3 Å². The summed E-state index contributed by atoms with van der Waals surface area (Å²) in [6.45, 7) is 0.145. The maximum absolute atomic E-state index is 11.2. The fourth-order valence-electron chi connectivity index (χ4n) is 0.927. The Bertz CT molecular complexity index is 414. The molecule has 1 aromatic rings. The maximum Gasteiger partial charge on any atom is 0.305 e. The van der Waals surface area contributed by atoms with Crippen molar-refractivity contribution in [2.45, 2.75) is 6.42 Å². The Morgan fingerprint density at radius 2 is 2.25 bits per heavy atom. The van der Waals surface area contributed by atoms with Crippen molar-refractivity contribution in [3.63, 3.8) is 0 Å². The molecule has 0 aliphatic rings. The average molecular weight is 304 g/mol. The van der Waals surface area contributed by atoms with Gasteiger partial charge in [-0.2, -0.15) is 0 Å². The van der Waals surface area contributed by atoms with E-state index < -0.39 is 5.97 Å². The third-order valence-corrected chi connectivity index (χ3v) is 3.22. The summed E-state index contributed by atoms with van der Waals surface area (Å²) in [4.78, 5) is 22.4. The van der Waals surface area contributed by atoms with Crippen LogP contribution in [0.4, 0.5) is 0 Å². The lowest BCUT2D eigenvalue weighted by Gasteiger charge is -1.97. The van der Waals surface area contributed by atoms with Crippen LogP contribution in [0.2, 0.25) is 0 Å². The lowest BCUT2D eigenvalue weighted by atomic mass is 10.4. The van der Waals surface area contributed by atoms with Crippen LogP contribution in [-0.4, -0.2) is 23.5 Å². The summed E-state index contributed by atoms with van der Waals surface area (Å²) in [6, 6.07) is 3.78. The minimum atomic E-state index is -0.925. The van der Waals surface area contributed by atoms with Crippen LogP contribution in [0.3, 0.4) is 0 Å². The second kappa shape index (κ2) is 6.44. The SMILES string of the molecule is O=C(O)CCNC(=O)/C=C/c1ccc(Br)s1. The molecule has 0 aliphatic carbocycles. The Morgan fingerprint density at radius 1 is 1.50 bits per heavy atom. The highest BCUT2D eigenvalue weighted by atomic mass is 79.9. The molecule has 2 N–H and O–H groups in total. The fourth-order valence-corrected chi connectivity index (χ4v) is 2.25. The standard InChI is InChI=1S/C10H10BrNO3S/c11-8-3-1-7(16-8)2-4-9(13)12-6-5-10(14)15/h1-4H,5-6H2,(H,12,13)(H,14,15)/b4-2+. The van der Waals surface area contributed by atoms with Gasteiger partial charge in [0.1, 0.15) is 0 Å². The van der Waals surface area contributed by atoms with Gasteiger partial charge in [-0.1, -0.05) is 0 Å². The number of rotatable bonds is 5. The van der Waals surface area contributed by atoms with E-state index in [1.807, 2.05) is 12.1 Å². The second-order valence-electron chi connectivity index (χ2n) is 2.91. The second-order valence-corrected chi connectivity index (χ2v) is 5.40. The molecule has 0 aromatic carbocycles. The van der Waals surface area contributed by atoms with Crippen molar-refractivity contribution in [3.05, 3.63) is 26.9 Å². The molecular weight excluding hydrogens is 294 g/mol. The lowest BCUT2D eigenvalue weighted by Crippen LogP contribution is -2.23. The van der Waals surface area contributed by atoms with Crippen LogP contribution in [0, 0.1) is 0 Å². The third-order valence-electron chi connectivity index (χ3n) is 1.63. The summed E-state index contributed by atoms with van der Waals surface area (Å²) in [5.41, 5.74) is 0. The van der Waals surface area contributed by atoms with Crippen LogP contribution in [0.25, 0.3) is 6.08 Å². The van der Waals surface area contributed by atoms with Crippen molar-refractivity contribution in [2.24, 2.45) is 0 Å². The molecule has 86 valence electrons. The van der Waals surface area contributed by atoms with Gasteiger partial charge in [-0.15, -0.1) is 11.3 Å². The monoisotopic (exact) mass is 303 g/mol. The van der Waals surface area contributed by atoms with Gasteiger partial charge in [0.15, 0.2) is 0 Å². The zero-order chi connectivity index (χ0) is 12.0. The number of amides is 1. The first-order valence-electron chi connectivity index (χ1n) is 4.51. The number of carboxylic acid groups (broad SMARTS) is 1. The van der Waals surface area contributed by atoms with Crippen molar-refractivity contribution in [2.75, 3.05) is 6.54 Å². The maximum atomic E-state index is 11.2. The van der Waals surface area contributed by atoms with Gasteiger partial charge in [0.2, 0.25) is 5.91 Å². The molecule has 6 heteroatoms. The van der Waals surface area contributed by atoms with Gasteiger partial charge in [0.05, 0.1) is 10.2 Å². The molecule has 1 aromatic heterocycles. The quantitative estimate of drug-likeness (QED) is 0.819. The summed E-state index contributed by atoms with van der Waals surface area (Å²) >= 11 is 4.83. The average Bonchev–Trinajstić information content (AvgIpc) is 2.61. The van der Waals surface area contributed by atoms with E-state index in [1.54, 1.807) is 6.08 Å². The highest BCUT2D eigenvalue weighted by molar-refractivity contribution is 9.11. The zero-order valence-corrected chi connectivity index (χ0v) is 10.7. The number of halogens is 1. The number of thiophene rings is 1. The highest BCUT2D eigenvalue weighted by Gasteiger charge is 1.99. The predicted octanol–water partition coefficient (Wildman–Crippen LogP) is 2.11. The number of nitrogens with one attached hydrogen (secondary N) is 1. The minimum absolute atomic E-state index is 0.0653. The van der Waals surface area contributed by atoms with Gasteiger partial charge in [-0.3, -0.25) is 9.59 Å². The summed E-state index contributed by atoms with van der Waals surface area (Å²) in [7, 11) is 0. The van der Waals surface area contributed by atoms with Gasteiger partial charge < -0.3 is 10.4 Å². The van der Waals surface area contributed by atoms with Crippen molar-refractivity contribution in [1.82, 2.24) is 5.32 Å². The van der Waals surface area contributed by atoms with Gasteiger partial charge in [0, 0.05) is 17.5 Å². The molecule has 0 aliphatic heterocycles. The van der Waals surface area contributed by atoms with E-state index in [0.717, 1.165) is 8.66 Å². The number of aliphatic carboxylic acids is 1. The van der Waals surface area contributed by atoms with Crippen LogP contribution < -0.4 is 5.32 Å². The van der Waals surface area contributed by atoms with Crippen molar-refractivity contribution >= 4 is 45.2 Å². The van der Waals surface area contributed by atoms with Gasteiger partial charge in [-0.05, 0) is 34.1 Å². The smallest absolute Gasteiger partial charge is 0.305 e. The molecule has 0 saturated carbocycles. The molecule has 4 nitrogen and oxygen atoms in total. The molecule has 16 heavy (non-hydrogen) atoms. The molecule has 1 rings (SSSR count). The molecule has 0 bridgehead atoms. The summed E-state index contributed by atoms with van der Waals surface area (Å²) in [6.07, 6.45) is 3.01. The summed E-state index contributed by atoms with van der Waals surface area (Å²) in [5.74, 6) is -1.21. The van der Waals surface area contributed by atoms with Crippen molar-refractivity contribution in [1.29, 1.82) is 0 Å². The highest BCUT2D eigenvalue weighted by Crippen LogP contribution is 2.22. The summed E-state index contributed by atoms with van der Waals surface area (Å²) < 4.78 is 0.999. The van der Waals surface area contributed by atoms with Gasteiger partial charge in [-0.25, -0.2) is 0 Å². The number of carbonyl (C=O) groups excluding carboxylic acids is 1. The number of hydrogen-bond acceptors (Lipinski definition) is 3. The van der Waals surface area contributed by atoms with E-state index in [4.69, 9.17) is 5.11 Å². The number of hydrogen-bond donors (Lipinski definition) is 2. The zero-order valence-electron chi connectivity index (χ0n) is 8.27. The van der Waals surface area contributed by atoms with Crippen LogP contribution >= 0.6 is 27.3 Å². The topological polar surface area (TPSA) is 66.4 Å². The van der Waals surface area contributed by atoms with Crippen LogP contribution in [-0.2, 0) is 9.59 Å². The predicted molar refractivity (Wildman–Crippen MR) is 66.3 cm³/mol. The molecule has 1 heterocycles. The molecule has 0 atom stereocenters. The van der Waals surface area contributed by atoms with Crippen LogP contribution in [0.15, 0.2) is 22.0 Å². The molecule has 0 spiro atoms. The molecular formula is C10H10BrNO3S. The van der Waals surface area contributed by atoms with Crippen molar-refractivity contribution in [3.8, 4) is 0 Å². The van der Waals surface area contributed by atoms with E-state index >= 15 is 0 Å². The summed E-state index contributed by atoms with van der Waals surface area (Å²) in [5, 5.41) is 10.8. The fraction of sp³-hybridized carbons (Fsp3) is 0.200. The third kappa shape index (κ3) is 5.09. The Hall–Kier alpha value is -1.14. The minimum Gasteiger partial charge on any atom is -0.481 e. The first-order chi connectivity index (χ1) is 7.58. The largest absolute Gasteiger partial charge is 0.481 e. The van der Waals surface area contributed by atoms with E-state index in [-0.39, 0.29) is 18.9 Å². The Labute approximate surface area is 105 Å². The van der Waals surface area contributed by atoms with Crippen LogP contribution in [0.5, 0.6) is 0 Å². The normalized spacial score (nSPS) is 10.6. The Kier molecular flexibility index (Phi) is 5.21. The molecule has 0 saturated heterocycles. The van der Waals surface area contributed by atoms with E-state index in [9.17, 15) is 9.59 Å².